The highest BCUT2D eigenvalue weighted by molar-refractivity contribution is 5.68. The second kappa shape index (κ2) is 7.09. The maximum absolute atomic E-state index is 12.2. The van der Waals surface area contributed by atoms with Crippen molar-refractivity contribution in [1.29, 1.82) is 5.26 Å². The molecule has 5 heteroatoms. The van der Waals surface area contributed by atoms with E-state index in [1.165, 1.54) is 0 Å². The van der Waals surface area contributed by atoms with Gasteiger partial charge in [0, 0.05) is 13.0 Å². The summed E-state index contributed by atoms with van der Waals surface area (Å²) in [4.78, 5) is 13.9. The van der Waals surface area contributed by atoms with E-state index < -0.39 is 0 Å². The molecule has 2 rings (SSSR count). The number of methoxy groups -OCH3 is 1. The Kier molecular flexibility index (Phi) is 5.18. The van der Waals surface area contributed by atoms with Crippen LogP contribution in [-0.4, -0.2) is 36.8 Å². The summed E-state index contributed by atoms with van der Waals surface area (Å²) in [5.74, 6) is 0.124. The Morgan fingerprint density at radius 3 is 2.76 bits per heavy atom. The number of rotatable bonds is 4. The van der Waals surface area contributed by atoms with E-state index in [0.717, 1.165) is 5.56 Å². The van der Waals surface area contributed by atoms with Gasteiger partial charge in [-0.3, -0.25) is 0 Å². The molecule has 1 aromatic rings. The summed E-state index contributed by atoms with van der Waals surface area (Å²) in [5, 5.41) is 8.94. The number of carbonyl (C=O) groups excluding carboxylic acids is 1. The topological polar surface area (TPSA) is 62.6 Å². The van der Waals surface area contributed by atoms with Crippen molar-refractivity contribution in [3.63, 3.8) is 0 Å². The zero-order valence-electron chi connectivity index (χ0n) is 12.4. The molecule has 0 aliphatic carbocycles. The number of benzene rings is 1. The minimum atomic E-state index is -0.384. The monoisotopic (exact) mass is 288 g/mol. The van der Waals surface area contributed by atoms with Gasteiger partial charge in [-0.15, -0.1) is 0 Å². The van der Waals surface area contributed by atoms with Crippen LogP contribution in [0.4, 0.5) is 4.79 Å². The Balaban J connectivity index is 1.98. The average molecular weight is 288 g/mol. The number of carbonyl (C=O) groups is 1. The minimum Gasteiger partial charge on any atom is -0.445 e. The van der Waals surface area contributed by atoms with Crippen molar-refractivity contribution in [1.82, 2.24) is 4.90 Å². The first-order valence-corrected chi connectivity index (χ1v) is 7.04. The predicted octanol–water partition coefficient (Wildman–Crippen LogP) is 2.57. The van der Waals surface area contributed by atoms with Gasteiger partial charge in [0.25, 0.3) is 0 Å². The second-order valence-corrected chi connectivity index (χ2v) is 5.26. The lowest BCUT2D eigenvalue weighted by Crippen LogP contribution is -2.37. The van der Waals surface area contributed by atoms with Crippen LogP contribution in [0.1, 0.15) is 18.9 Å². The molecule has 1 aliphatic heterocycles. The third kappa shape index (κ3) is 3.53. The number of amides is 1. The van der Waals surface area contributed by atoms with E-state index in [-0.39, 0.29) is 30.8 Å². The molecule has 112 valence electrons. The van der Waals surface area contributed by atoms with E-state index in [1.54, 1.807) is 12.0 Å². The second-order valence-electron chi connectivity index (χ2n) is 5.26. The van der Waals surface area contributed by atoms with Gasteiger partial charge in [0.05, 0.1) is 31.2 Å². The number of nitrogens with zero attached hydrogens (tertiary/aromatic N) is 2. The first-order valence-electron chi connectivity index (χ1n) is 7.04. The first kappa shape index (κ1) is 15.3. The van der Waals surface area contributed by atoms with Crippen LogP contribution < -0.4 is 0 Å². The molecule has 5 nitrogen and oxygen atoms in total. The summed E-state index contributed by atoms with van der Waals surface area (Å²) in [6.45, 7) is 2.71. The molecule has 1 amide bonds. The van der Waals surface area contributed by atoms with Crippen LogP contribution in [0.15, 0.2) is 30.3 Å². The van der Waals surface area contributed by atoms with Crippen LogP contribution in [0.2, 0.25) is 0 Å². The summed E-state index contributed by atoms with van der Waals surface area (Å²) in [6.07, 6.45) is -0.139. The van der Waals surface area contributed by atoms with Gasteiger partial charge in [-0.1, -0.05) is 37.3 Å². The van der Waals surface area contributed by atoms with E-state index in [1.807, 2.05) is 37.3 Å². The quantitative estimate of drug-likeness (QED) is 0.854. The van der Waals surface area contributed by atoms with Gasteiger partial charge in [0.2, 0.25) is 0 Å². The Morgan fingerprint density at radius 1 is 1.43 bits per heavy atom. The van der Waals surface area contributed by atoms with Gasteiger partial charge in [0.1, 0.15) is 6.61 Å². The third-order valence-corrected chi connectivity index (χ3v) is 4.01. The highest BCUT2D eigenvalue weighted by atomic mass is 16.6. The Morgan fingerprint density at radius 2 is 2.14 bits per heavy atom. The van der Waals surface area contributed by atoms with Crippen LogP contribution in [0, 0.1) is 17.2 Å². The van der Waals surface area contributed by atoms with Crippen LogP contribution in [0.3, 0.4) is 0 Å². The first-order chi connectivity index (χ1) is 10.2. The lowest BCUT2D eigenvalue weighted by atomic mass is 9.98. The zero-order chi connectivity index (χ0) is 15.2. The molecule has 1 fully saturated rings. The lowest BCUT2D eigenvalue weighted by Gasteiger charge is -2.23. The van der Waals surface area contributed by atoms with Gasteiger partial charge in [-0.05, 0) is 5.56 Å². The Bertz CT molecular complexity index is 512. The van der Waals surface area contributed by atoms with Crippen molar-refractivity contribution in [3.8, 4) is 6.07 Å². The summed E-state index contributed by atoms with van der Waals surface area (Å²) in [5.41, 5.74) is 0.943. The summed E-state index contributed by atoms with van der Waals surface area (Å²) in [7, 11) is 1.63. The van der Waals surface area contributed by atoms with Crippen LogP contribution >= 0.6 is 0 Å². The van der Waals surface area contributed by atoms with Crippen molar-refractivity contribution < 1.29 is 14.3 Å². The number of likely N-dealkylation sites (tertiary alicyclic amines) is 1. The fourth-order valence-electron chi connectivity index (χ4n) is 2.72. The van der Waals surface area contributed by atoms with Gasteiger partial charge in [-0.25, -0.2) is 4.79 Å². The average Bonchev–Trinajstić information content (AvgIpc) is 2.83. The van der Waals surface area contributed by atoms with Crippen molar-refractivity contribution in [3.05, 3.63) is 35.9 Å². The van der Waals surface area contributed by atoms with E-state index in [0.29, 0.717) is 13.0 Å². The molecule has 1 saturated heterocycles. The van der Waals surface area contributed by atoms with Crippen LogP contribution in [0.25, 0.3) is 0 Å². The van der Waals surface area contributed by atoms with E-state index in [2.05, 4.69) is 6.07 Å². The predicted molar refractivity (Wildman–Crippen MR) is 77.3 cm³/mol. The molecule has 1 aliphatic rings. The maximum Gasteiger partial charge on any atom is 0.410 e. The molecular formula is C16H20N2O3. The van der Waals surface area contributed by atoms with Gasteiger partial charge in [-0.2, -0.15) is 5.26 Å². The minimum absolute atomic E-state index is 0.0485. The Hall–Kier alpha value is -2.06. The summed E-state index contributed by atoms with van der Waals surface area (Å²) >= 11 is 0. The number of nitriles is 1. The maximum atomic E-state index is 12.2. The van der Waals surface area contributed by atoms with Crippen molar-refractivity contribution in [2.45, 2.75) is 32.1 Å². The van der Waals surface area contributed by atoms with Gasteiger partial charge in [0.15, 0.2) is 0 Å². The smallest absolute Gasteiger partial charge is 0.410 e. The number of hydrogen-bond acceptors (Lipinski definition) is 4. The van der Waals surface area contributed by atoms with E-state index in [4.69, 9.17) is 14.7 Å². The third-order valence-electron chi connectivity index (χ3n) is 4.01. The molecule has 0 spiro atoms. The standard InChI is InChI=1S/C16H20N2O3/c1-12-14(8-9-17)18(10-15(12)20-2)16(19)21-11-13-6-4-3-5-7-13/h3-7,12,14-15H,8,10-11H2,1-2H3/t12-,14-,15-/m0/s1. The summed E-state index contributed by atoms with van der Waals surface area (Å²) in [6, 6.07) is 11.5. The number of ether oxygens (including phenoxy) is 2. The van der Waals surface area contributed by atoms with Crippen LogP contribution in [0.5, 0.6) is 0 Å². The summed E-state index contributed by atoms with van der Waals surface area (Å²) < 4.78 is 10.7. The van der Waals surface area contributed by atoms with Gasteiger partial charge < -0.3 is 14.4 Å². The molecule has 0 radical (unpaired) electrons. The molecule has 0 aromatic heterocycles. The molecule has 0 N–H and O–H groups in total. The van der Waals surface area contributed by atoms with Gasteiger partial charge >= 0.3 is 6.09 Å². The van der Waals surface area contributed by atoms with E-state index in [9.17, 15) is 4.79 Å². The SMILES string of the molecule is CO[C@H]1CN(C(=O)OCc2ccccc2)[C@@H](CC#N)[C@@H]1C. The number of hydrogen-bond donors (Lipinski definition) is 0. The fraction of sp³-hybridized carbons (Fsp3) is 0.500. The van der Waals surface area contributed by atoms with E-state index >= 15 is 0 Å². The molecule has 3 atom stereocenters. The van der Waals surface area contributed by atoms with Crippen LogP contribution in [-0.2, 0) is 16.1 Å². The van der Waals surface area contributed by atoms with Crippen molar-refractivity contribution in [2.75, 3.05) is 13.7 Å². The molecule has 21 heavy (non-hydrogen) atoms. The normalized spacial score (nSPS) is 24.6. The highest BCUT2D eigenvalue weighted by Crippen LogP contribution is 2.29. The lowest BCUT2D eigenvalue weighted by molar-refractivity contribution is 0.0753. The van der Waals surface area contributed by atoms with Crippen molar-refractivity contribution in [2.24, 2.45) is 5.92 Å². The fourth-order valence-corrected chi connectivity index (χ4v) is 2.72. The van der Waals surface area contributed by atoms with Crippen molar-refractivity contribution >= 4 is 6.09 Å². The largest absolute Gasteiger partial charge is 0.445 e. The molecule has 0 bridgehead atoms. The molecular weight excluding hydrogens is 268 g/mol. The Labute approximate surface area is 125 Å². The molecule has 1 aromatic carbocycles. The zero-order valence-corrected chi connectivity index (χ0v) is 12.4. The molecule has 0 saturated carbocycles. The highest BCUT2D eigenvalue weighted by Gasteiger charge is 2.42. The molecule has 1 heterocycles. The molecule has 0 unspecified atom stereocenters.